The van der Waals surface area contributed by atoms with E-state index in [4.69, 9.17) is 9.97 Å². The third-order valence-electron chi connectivity index (χ3n) is 11.3. The maximum atomic E-state index is 12.8. The second-order valence-corrected chi connectivity index (χ2v) is 14.3. The van der Waals surface area contributed by atoms with Crippen molar-refractivity contribution in [2.75, 3.05) is 0 Å². The van der Waals surface area contributed by atoms with E-state index < -0.39 is 5.41 Å². The number of benzene rings is 7. The average Bonchev–Trinajstić information content (AvgIpc) is 3.67. The summed E-state index contributed by atoms with van der Waals surface area (Å²) in [6.45, 7) is 0. The van der Waals surface area contributed by atoms with E-state index in [1.165, 1.54) is 33.4 Å². The van der Waals surface area contributed by atoms with Crippen LogP contribution in [0, 0.1) is 0 Å². The van der Waals surface area contributed by atoms with Crippen LogP contribution in [0.15, 0.2) is 187 Å². The Bertz CT molecular complexity index is 2850. The molecule has 5 nitrogen and oxygen atoms in total. The number of rotatable bonds is 6. The Morgan fingerprint density at radius 1 is 0.418 bits per heavy atom. The highest BCUT2D eigenvalue weighted by atomic mass is 16.1. The summed E-state index contributed by atoms with van der Waals surface area (Å²) < 4.78 is 3.43. The molecule has 0 amide bonds. The van der Waals surface area contributed by atoms with E-state index in [1.807, 2.05) is 50.5 Å². The van der Waals surface area contributed by atoms with E-state index in [-0.39, 0.29) is 5.69 Å². The molecule has 0 aliphatic heterocycles. The first-order chi connectivity index (χ1) is 27.0. The zero-order valence-electron chi connectivity index (χ0n) is 30.5. The van der Waals surface area contributed by atoms with Crippen LogP contribution in [0.2, 0.25) is 0 Å². The number of aromatic nitrogens is 4. The number of imidazole rings is 1. The van der Waals surface area contributed by atoms with Gasteiger partial charge in [-0.05, 0) is 74.8 Å². The molecule has 0 radical (unpaired) electrons. The van der Waals surface area contributed by atoms with Crippen LogP contribution in [0.1, 0.15) is 22.3 Å². The second-order valence-electron chi connectivity index (χ2n) is 14.3. The van der Waals surface area contributed by atoms with Crippen LogP contribution in [-0.2, 0) is 19.5 Å². The highest BCUT2D eigenvalue weighted by Gasteiger charge is 2.46. The Morgan fingerprint density at radius 3 is 1.47 bits per heavy atom. The molecule has 0 atom stereocenters. The molecular weight excluding hydrogens is 673 g/mol. The molecule has 0 bridgehead atoms. The number of aryl methyl sites for hydroxylation is 2. The van der Waals surface area contributed by atoms with Gasteiger partial charge in [0, 0.05) is 30.8 Å². The van der Waals surface area contributed by atoms with Crippen LogP contribution in [0.4, 0.5) is 0 Å². The second kappa shape index (κ2) is 12.8. The molecule has 0 saturated heterocycles. The van der Waals surface area contributed by atoms with E-state index in [0.717, 1.165) is 50.2 Å². The van der Waals surface area contributed by atoms with Crippen molar-refractivity contribution in [3.8, 4) is 56.2 Å². The quantitative estimate of drug-likeness (QED) is 0.173. The zero-order valence-corrected chi connectivity index (χ0v) is 30.5. The molecule has 0 unspecified atom stereocenters. The molecule has 0 spiro atoms. The lowest BCUT2D eigenvalue weighted by Gasteiger charge is -2.34. The molecule has 7 aromatic carbocycles. The fourth-order valence-electron chi connectivity index (χ4n) is 8.58. The average molecular weight is 709 g/mol. The maximum Gasteiger partial charge on any atom is 0.328 e. The third kappa shape index (κ3) is 5.12. The van der Waals surface area contributed by atoms with Gasteiger partial charge in [-0.1, -0.05) is 152 Å². The lowest BCUT2D eigenvalue weighted by molar-refractivity contribution is 0.769. The number of fused-ring (bicyclic) bond motifs is 4. The van der Waals surface area contributed by atoms with Gasteiger partial charge in [-0.25, -0.2) is 14.8 Å². The van der Waals surface area contributed by atoms with E-state index in [0.29, 0.717) is 5.82 Å². The van der Waals surface area contributed by atoms with Gasteiger partial charge >= 0.3 is 5.69 Å². The van der Waals surface area contributed by atoms with Crippen LogP contribution in [-0.4, -0.2) is 19.1 Å². The predicted octanol–water partition coefficient (Wildman–Crippen LogP) is 10.7. The van der Waals surface area contributed by atoms with Gasteiger partial charge < -0.3 is 0 Å². The van der Waals surface area contributed by atoms with Gasteiger partial charge in [0.2, 0.25) is 0 Å². The first-order valence-electron chi connectivity index (χ1n) is 18.6. The van der Waals surface area contributed by atoms with Crippen molar-refractivity contribution in [1.82, 2.24) is 19.1 Å². The van der Waals surface area contributed by atoms with Crippen LogP contribution in [0.25, 0.3) is 67.2 Å². The summed E-state index contributed by atoms with van der Waals surface area (Å²) >= 11 is 0. The number of hydrogen-bond donors (Lipinski definition) is 0. The summed E-state index contributed by atoms with van der Waals surface area (Å²) in [6.07, 6.45) is 0. The van der Waals surface area contributed by atoms with Crippen molar-refractivity contribution in [1.29, 1.82) is 0 Å². The Kier molecular flexibility index (Phi) is 7.56. The standard InChI is InChI=1S/C50H36N4O/c1-53-46-28-25-36(31-47(46)54(2)49(53)55)35-23-26-40-41-27-24-37(45-32-44(33-15-7-3-8-16-33)51-48(52-45)34-17-9-4-10-18-34)30-43(41)50(42(40)29-35,38-19-11-5-12-20-38)39-21-13-6-14-22-39/h3-32H,1-2H3. The molecule has 0 fully saturated rings. The lowest BCUT2D eigenvalue weighted by Crippen LogP contribution is -2.28. The minimum atomic E-state index is -0.625. The van der Waals surface area contributed by atoms with Gasteiger partial charge in [-0.15, -0.1) is 0 Å². The Morgan fingerprint density at radius 2 is 0.873 bits per heavy atom. The SMILES string of the molecule is Cn1c(=O)n(C)c2cc(-c3ccc4c(c3)C(c3ccccc3)(c3ccccc3)c3cc(-c5cc(-c6ccccc6)nc(-c6ccccc6)n5)ccc3-4)ccc21. The molecule has 2 aromatic heterocycles. The largest absolute Gasteiger partial charge is 0.328 e. The van der Waals surface area contributed by atoms with Crippen molar-refractivity contribution < 1.29 is 0 Å². The zero-order chi connectivity index (χ0) is 37.1. The van der Waals surface area contributed by atoms with Crippen LogP contribution in [0.5, 0.6) is 0 Å². The predicted molar refractivity (Wildman–Crippen MR) is 223 cm³/mol. The molecule has 10 rings (SSSR count). The smallest absolute Gasteiger partial charge is 0.295 e. The van der Waals surface area contributed by atoms with Crippen molar-refractivity contribution >= 4 is 11.0 Å². The number of hydrogen-bond acceptors (Lipinski definition) is 3. The van der Waals surface area contributed by atoms with Gasteiger partial charge in [0.15, 0.2) is 5.82 Å². The number of nitrogens with zero attached hydrogens (tertiary/aromatic N) is 4. The fraction of sp³-hybridized carbons (Fsp3) is 0.0600. The summed E-state index contributed by atoms with van der Waals surface area (Å²) in [5.74, 6) is 0.690. The molecule has 9 aromatic rings. The first-order valence-corrected chi connectivity index (χ1v) is 18.6. The summed E-state index contributed by atoms with van der Waals surface area (Å²) in [5.41, 5.74) is 15.3. The van der Waals surface area contributed by atoms with Crippen LogP contribution < -0.4 is 5.69 Å². The maximum absolute atomic E-state index is 12.8. The minimum Gasteiger partial charge on any atom is -0.295 e. The molecular formula is C50H36N4O. The molecule has 1 aliphatic rings. The van der Waals surface area contributed by atoms with Gasteiger partial charge in [-0.3, -0.25) is 9.13 Å². The highest BCUT2D eigenvalue weighted by molar-refractivity contribution is 5.91. The van der Waals surface area contributed by atoms with E-state index in [9.17, 15) is 4.79 Å². The molecule has 0 saturated carbocycles. The molecule has 2 heterocycles. The van der Waals surface area contributed by atoms with Crippen LogP contribution in [0.3, 0.4) is 0 Å². The summed E-state index contributed by atoms with van der Waals surface area (Å²) in [6, 6.07) is 64.4. The summed E-state index contributed by atoms with van der Waals surface area (Å²) in [4.78, 5) is 23.1. The molecule has 1 aliphatic carbocycles. The first kappa shape index (κ1) is 32.5. The van der Waals surface area contributed by atoms with Gasteiger partial charge in [0.05, 0.1) is 27.8 Å². The van der Waals surface area contributed by atoms with Crippen molar-refractivity contribution in [3.05, 3.63) is 215 Å². The fourth-order valence-corrected chi connectivity index (χ4v) is 8.58. The van der Waals surface area contributed by atoms with Gasteiger partial charge in [0.1, 0.15) is 0 Å². The minimum absolute atomic E-state index is 0.0324. The van der Waals surface area contributed by atoms with E-state index in [2.05, 4.69) is 146 Å². The molecule has 5 heteroatoms. The normalized spacial score (nSPS) is 12.8. The summed E-state index contributed by atoms with van der Waals surface area (Å²) in [7, 11) is 3.66. The summed E-state index contributed by atoms with van der Waals surface area (Å²) in [5, 5.41) is 0. The molecule has 55 heavy (non-hydrogen) atoms. The lowest BCUT2D eigenvalue weighted by atomic mass is 9.67. The highest BCUT2D eigenvalue weighted by Crippen LogP contribution is 2.57. The van der Waals surface area contributed by atoms with Gasteiger partial charge in [0.25, 0.3) is 0 Å². The molecule has 262 valence electrons. The Balaban J connectivity index is 1.23. The van der Waals surface area contributed by atoms with E-state index in [1.54, 1.807) is 9.13 Å². The van der Waals surface area contributed by atoms with E-state index >= 15 is 0 Å². The van der Waals surface area contributed by atoms with Crippen molar-refractivity contribution in [2.24, 2.45) is 14.1 Å². The Labute approximate surface area is 319 Å². The topological polar surface area (TPSA) is 52.7 Å². The molecule has 0 N–H and O–H groups in total. The van der Waals surface area contributed by atoms with Crippen LogP contribution >= 0.6 is 0 Å². The third-order valence-corrected chi connectivity index (χ3v) is 11.3. The van der Waals surface area contributed by atoms with Crippen molar-refractivity contribution in [2.45, 2.75) is 5.41 Å². The van der Waals surface area contributed by atoms with Gasteiger partial charge in [-0.2, -0.15) is 0 Å². The Hall–Kier alpha value is -7.11. The monoisotopic (exact) mass is 708 g/mol. The van der Waals surface area contributed by atoms with Crippen molar-refractivity contribution in [3.63, 3.8) is 0 Å².